The van der Waals surface area contributed by atoms with Crippen molar-refractivity contribution < 1.29 is 31.5 Å². The molecule has 10 nitrogen and oxygen atoms in total. The van der Waals surface area contributed by atoms with Gasteiger partial charge in [0.05, 0.1) is 26.1 Å². The highest BCUT2D eigenvalue weighted by atomic mass is 32.2. The first-order valence-corrected chi connectivity index (χ1v) is 13.2. The van der Waals surface area contributed by atoms with Crippen molar-refractivity contribution in [3.8, 4) is 6.01 Å². The third-order valence-electron chi connectivity index (χ3n) is 6.04. The highest BCUT2D eigenvalue weighted by molar-refractivity contribution is 7.85. The standard InChI is InChI=1S/C25H26N2O8S/c1-36(29,30)33-17-25-23(34-24-26-21(28)12-13-27(24)25)22(32-15-19-10-6-3-7-11-19)20(35-25)16-31-14-18-8-4-2-5-9-18/h2-13,20,22-23H,14-17H2,1H3/t20-,22-,23+,25-/m1/s1. The Morgan fingerprint density at radius 1 is 1.00 bits per heavy atom. The number of benzene rings is 2. The molecule has 3 aromatic rings. The van der Waals surface area contributed by atoms with Crippen LogP contribution in [-0.4, -0.2) is 55.8 Å². The molecule has 0 bridgehead atoms. The summed E-state index contributed by atoms with van der Waals surface area (Å²) in [6.07, 6.45) is 0.261. The molecule has 4 atom stereocenters. The van der Waals surface area contributed by atoms with Crippen LogP contribution in [-0.2, 0) is 47.5 Å². The van der Waals surface area contributed by atoms with Gasteiger partial charge in [-0.25, -0.2) is 0 Å². The van der Waals surface area contributed by atoms with E-state index in [0.717, 1.165) is 17.4 Å². The van der Waals surface area contributed by atoms with E-state index in [2.05, 4.69) is 4.98 Å². The third kappa shape index (κ3) is 5.20. The van der Waals surface area contributed by atoms with Crippen LogP contribution in [0.15, 0.2) is 77.7 Å². The van der Waals surface area contributed by atoms with E-state index in [1.807, 2.05) is 60.7 Å². The van der Waals surface area contributed by atoms with Gasteiger partial charge >= 0.3 is 6.01 Å². The van der Waals surface area contributed by atoms with Crippen molar-refractivity contribution in [2.75, 3.05) is 19.5 Å². The molecule has 0 amide bonds. The molecule has 0 N–H and O–H groups in total. The van der Waals surface area contributed by atoms with Gasteiger partial charge in [-0.05, 0) is 11.1 Å². The summed E-state index contributed by atoms with van der Waals surface area (Å²) in [5.41, 5.74) is 0.0106. The predicted octanol–water partition coefficient (Wildman–Crippen LogP) is 1.83. The number of nitrogens with zero attached hydrogens (tertiary/aromatic N) is 2. The Bertz CT molecular complexity index is 1350. The van der Waals surface area contributed by atoms with Gasteiger partial charge in [0.1, 0.15) is 18.8 Å². The molecule has 1 fully saturated rings. The lowest BCUT2D eigenvalue weighted by atomic mass is 10.0. The molecule has 0 aliphatic carbocycles. The summed E-state index contributed by atoms with van der Waals surface area (Å²) in [6.45, 7) is 0.371. The van der Waals surface area contributed by atoms with Gasteiger partial charge in [-0.1, -0.05) is 60.7 Å². The normalized spacial score (nSPS) is 24.8. The lowest BCUT2D eigenvalue weighted by Crippen LogP contribution is -2.47. The molecule has 1 aromatic heterocycles. The fourth-order valence-electron chi connectivity index (χ4n) is 4.41. The number of hydrogen-bond acceptors (Lipinski definition) is 9. The molecule has 36 heavy (non-hydrogen) atoms. The molecule has 11 heteroatoms. The monoisotopic (exact) mass is 514 g/mol. The van der Waals surface area contributed by atoms with Crippen molar-refractivity contribution in [1.29, 1.82) is 0 Å². The molecule has 0 radical (unpaired) electrons. The van der Waals surface area contributed by atoms with Crippen LogP contribution in [0.25, 0.3) is 0 Å². The van der Waals surface area contributed by atoms with E-state index in [1.165, 1.54) is 16.8 Å². The first kappa shape index (κ1) is 24.6. The zero-order valence-electron chi connectivity index (χ0n) is 19.6. The summed E-state index contributed by atoms with van der Waals surface area (Å²) < 4.78 is 55.2. The van der Waals surface area contributed by atoms with Crippen molar-refractivity contribution in [3.05, 3.63) is 94.4 Å². The van der Waals surface area contributed by atoms with Crippen LogP contribution >= 0.6 is 0 Å². The second-order valence-corrected chi connectivity index (χ2v) is 10.3. The van der Waals surface area contributed by atoms with E-state index in [4.69, 9.17) is 23.1 Å². The number of aromatic nitrogens is 2. The quantitative estimate of drug-likeness (QED) is 0.374. The maximum atomic E-state index is 11.9. The van der Waals surface area contributed by atoms with Crippen molar-refractivity contribution in [1.82, 2.24) is 9.55 Å². The molecule has 190 valence electrons. The van der Waals surface area contributed by atoms with Gasteiger partial charge in [-0.2, -0.15) is 13.4 Å². The number of rotatable bonds is 10. The fourth-order valence-corrected chi connectivity index (χ4v) is 4.79. The smallest absolute Gasteiger partial charge is 0.302 e. The molecule has 3 heterocycles. The summed E-state index contributed by atoms with van der Waals surface area (Å²) in [6, 6.07) is 20.5. The Morgan fingerprint density at radius 3 is 2.33 bits per heavy atom. The molecule has 5 rings (SSSR count). The molecule has 0 unspecified atom stereocenters. The Hall–Kier alpha value is -3.09. The SMILES string of the molecule is CS(=O)(=O)OC[C@@]12O[C@H](COCc3ccccc3)[C@@H](OCc3ccccc3)[C@@H]1Oc1nc(=O)ccn12. The highest BCUT2D eigenvalue weighted by Gasteiger charge is 2.64. The van der Waals surface area contributed by atoms with Crippen LogP contribution in [0.2, 0.25) is 0 Å². The highest BCUT2D eigenvalue weighted by Crippen LogP contribution is 2.46. The zero-order chi connectivity index (χ0) is 25.2. The van der Waals surface area contributed by atoms with Crippen LogP contribution in [0.5, 0.6) is 6.01 Å². The van der Waals surface area contributed by atoms with Gasteiger partial charge in [0.25, 0.3) is 15.7 Å². The average molecular weight is 515 g/mol. The fraction of sp³-hybridized carbons (Fsp3) is 0.360. The maximum Gasteiger partial charge on any atom is 0.302 e. The predicted molar refractivity (Wildman–Crippen MR) is 128 cm³/mol. The van der Waals surface area contributed by atoms with E-state index >= 15 is 0 Å². The van der Waals surface area contributed by atoms with Gasteiger partial charge < -0.3 is 18.9 Å². The first-order valence-electron chi connectivity index (χ1n) is 11.4. The summed E-state index contributed by atoms with van der Waals surface area (Å²) in [5.74, 6) is 0. The summed E-state index contributed by atoms with van der Waals surface area (Å²) in [7, 11) is -3.81. The number of hydrogen-bond donors (Lipinski definition) is 0. The molecule has 0 saturated carbocycles. The minimum Gasteiger partial charge on any atom is -0.453 e. The number of ether oxygens (including phenoxy) is 4. The largest absolute Gasteiger partial charge is 0.453 e. The van der Waals surface area contributed by atoms with Crippen LogP contribution in [0, 0.1) is 0 Å². The summed E-state index contributed by atoms with van der Waals surface area (Å²) >= 11 is 0. The lowest BCUT2D eigenvalue weighted by Gasteiger charge is -2.28. The van der Waals surface area contributed by atoms with E-state index in [-0.39, 0.29) is 19.2 Å². The van der Waals surface area contributed by atoms with Crippen LogP contribution in [0.4, 0.5) is 0 Å². The number of fused-ring (bicyclic) bond motifs is 3. The van der Waals surface area contributed by atoms with E-state index in [9.17, 15) is 13.2 Å². The first-order chi connectivity index (χ1) is 17.3. The second kappa shape index (κ2) is 10.1. The van der Waals surface area contributed by atoms with E-state index in [1.54, 1.807) is 0 Å². The van der Waals surface area contributed by atoms with Crippen LogP contribution in [0.1, 0.15) is 11.1 Å². The molecule has 0 spiro atoms. The average Bonchev–Trinajstić information content (AvgIpc) is 3.32. The molecular weight excluding hydrogens is 488 g/mol. The van der Waals surface area contributed by atoms with Crippen molar-refractivity contribution in [2.24, 2.45) is 0 Å². The molecule has 2 aliphatic heterocycles. The van der Waals surface area contributed by atoms with E-state index < -0.39 is 46.3 Å². The Balaban J connectivity index is 1.43. The van der Waals surface area contributed by atoms with Gasteiger partial charge in [0.15, 0.2) is 6.10 Å². The third-order valence-corrected chi connectivity index (χ3v) is 6.59. The minimum atomic E-state index is -3.81. The molecule has 2 aromatic carbocycles. The van der Waals surface area contributed by atoms with Crippen molar-refractivity contribution in [2.45, 2.75) is 37.3 Å². The second-order valence-electron chi connectivity index (χ2n) is 8.69. The molecule has 2 aliphatic rings. The maximum absolute atomic E-state index is 11.9. The van der Waals surface area contributed by atoms with Gasteiger partial charge in [0, 0.05) is 12.3 Å². The van der Waals surface area contributed by atoms with Gasteiger partial charge in [-0.3, -0.25) is 13.5 Å². The summed E-state index contributed by atoms with van der Waals surface area (Å²) in [5, 5.41) is 0. The van der Waals surface area contributed by atoms with Gasteiger partial charge in [0.2, 0.25) is 5.72 Å². The lowest BCUT2D eigenvalue weighted by molar-refractivity contribution is -0.147. The minimum absolute atomic E-state index is 0.00145. The van der Waals surface area contributed by atoms with Crippen molar-refractivity contribution >= 4 is 10.1 Å². The Kier molecular flexibility index (Phi) is 6.91. The molecular formula is C25H26N2O8S. The van der Waals surface area contributed by atoms with Crippen molar-refractivity contribution in [3.63, 3.8) is 0 Å². The van der Waals surface area contributed by atoms with E-state index in [0.29, 0.717) is 6.61 Å². The van der Waals surface area contributed by atoms with Gasteiger partial charge in [-0.15, -0.1) is 0 Å². The van der Waals surface area contributed by atoms with Crippen LogP contribution < -0.4 is 10.3 Å². The zero-order valence-corrected chi connectivity index (χ0v) is 20.4. The summed E-state index contributed by atoms with van der Waals surface area (Å²) in [4.78, 5) is 15.8. The topological polar surface area (TPSA) is 115 Å². The Labute approximate surface area is 208 Å². The van der Waals surface area contributed by atoms with Crippen LogP contribution in [0.3, 0.4) is 0 Å². The Morgan fingerprint density at radius 2 is 1.67 bits per heavy atom. The molecule has 1 saturated heterocycles.